The molecule has 11 heteroatoms. The minimum Gasteiger partial charge on any atom is -0.457 e. The molecule has 7 rings (SSSR count). The third kappa shape index (κ3) is 6.03. The summed E-state index contributed by atoms with van der Waals surface area (Å²) in [7, 11) is 0. The lowest BCUT2D eigenvalue weighted by molar-refractivity contribution is -0.129. The maximum Gasteiger partial charge on any atom is 0.258 e. The van der Waals surface area contributed by atoms with Gasteiger partial charge in [0.25, 0.3) is 5.89 Å². The van der Waals surface area contributed by atoms with Crippen molar-refractivity contribution in [3.8, 4) is 34.2 Å². The van der Waals surface area contributed by atoms with E-state index >= 15 is 4.39 Å². The molecule has 1 aliphatic carbocycles. The first-order valence-electron chi connectivity index (χ1n) is 15.6. The highest BCUT2D eigenvalue weighted by Gasteiger charge is 2.41. The van der Waals surface area contributed by atoms with Crippen LogP contribution < -0.4 is 4.74 Å². The molecule has 1 saturated carbocycles. The third-order valence-corrected chi connectivity index (χ3v) is 8.76. The second-order valence-corrected chi connectivity index (χ2v) is 12.8. The van der Waals surface area contributed by atoms with Gasteiger partial charge in [-0.2, -0.15) is 15.2 Å². The van der Waals surface area contributed by atoms with Crippen LogP contribution in [0.15, 0.2) is 53.1 Å². The minimum atomic E-state index is -0.492. The fourth-order valence-corrected chi connectivity index (χ4v) is 6.09. The molecule has 0 unspecified atom stereocenters. The molecule has 10 nitrogen and oxygen atoms in total. The number of aromatic nitrogens is 4. The topological polar surface area (TPSA) is 115 Å². The van der Waals surface area contributed by atoms with E-state index in [0.29, 0.717) is 78.6 Å². The lowest BCUT2D eigenvalue weighted by atomic mass is 10.1. The molecule has 4 aromatic rings. The number of halogens is 1. The predicted octanol–water partition coefficient (Wildman–Crippen LogP) is 6.10. The summed E-state index contributed by atoms with van der Waals surface area (Å²) in [5, 5.41) is 12.6. The van der Waals surface area contributed by atoms with Crippen molar-refractivity contribution in [1.29, 1.82) is 0 Å². The maximum absolute atomic E-state index is 15.4. The number of rotatable bonds is 9. The molecule has 2 atom stereocenters. The summed E-state index contributed by atoms with van der Waals surface area (Å²) in [6.45, 7) is 7.72. The average molecular weight is 611 g/mol. The molecule has 0 spiro atoms. The summed E-state index contributed by atoms with van der Waals surface area (Å²) < 4.78 is 27.3. The van der Waals surface area contributed by atoms with Crippen LogP contribution in [0.25, 0.3) is 22.7 Å². The number of amides is 2. The highest BCUT2D eigenvalue weighted by atomic mass is 19.1. The van der Waals surface area contributed by atoms with Crippen LogP contribution in [0.1, 0.15) is 75.4 Å². The molecule has 232 valence electrons. The number of carbonyl (C=O) groups excluding carboxylic acids is 2. The van der Waals surface area contributed by atoms with Gasteiger partial charge in [0.2, 0.25) is 11.8 Å². The Balaban J connectivity index is 1.16. The van der Waals surface area contributed by atoms with Gasteiger partial charge in [-0.1, -0.05) is 32.0 Å². The van der Waals surface area contributed by atoms with Crippen LogP contribution in [0.3, 0.4) is 0 Å². The van der Waals surface area contributed by atoms with Crippen molar-refractivity contribution in [3.63, 3.8) is 0 Å². The van der Waals surface area contributed by atoms with E-state index in [2.05, 4.69) is 27.3 Å². The molecule has 2 saturated heterocycles. The largest absolute Gasteiger partial charge is 0.457 e. The predicted molar refractivity (Wildman–Crippen MR) is 163 cm³/mol. The number of nitrogens with zero attached hydrogens (tertiary/aromatic N) is 6. The van der Waals surface area contributed by atoms with E-state index in [9.17, 15) is 9.59 Å². The standard InChI is InChI=1S/C34H35FN6O4/c1-19(2)28-10-11-29(38-37-28)26-9-8-25(15-27(26)35)44-30-13-21(4-5-22(30)17-40-16-20(3)12-31(40)42)34-36-33(39-45-34)23-14-32(43)41(18-23)24-6-7-24/h4-5,8-11,13,15,19-20,23-24H,6-7,12,14,16-18H2,1-3H3/t20-,23-/m0/s1. The minimum absolute atomic E-state index is 0.0883. The molecule has 2 aromatic carbocycles. The summed E-state index contributed by atoms with van der Waals surface area (Å²) in [6.07, 6.45) is 2.99. The number of hydrogen-bond acceptors (Lipinski definition) is 8. The molecule has 45 heavy (non-hydrogen) atoms. The van der Waals surface area contributed by atoms with Gasteiger partial charge in [0.15, 0.2) is 5.82 Å². The van der Waals surface area contributed by atoms with Crippen molar-refractivity contribution in [1.82, 2.24) is 30.1 Å². The lowest BCUT2D eigenvalue weighted by Gasteiger charge is -2.19. The summed E-state index contributed by atoms with van der Waals surface area (Å²) in [4.78, 5) is 33.5. The Kier molecular flexibility index (Phi) is 7.55. The Morgan fingerprint density at radius 1 is 1.00 bits per heavy atom. The molecule has 0 N–H and O–H groups in total. The van der Waals surface area contributed by atoms with Gasteiger partial charge in [-0.25, -0.2) is 4.39 Å². The van der Waals surface area contributed by atoms with Crippen LogP contribution in [-0.4, -0.2) is 61.1 Å². The van der Waals surface area contributed by atoms with Crippen LogP contribution in [-0.2, 0) is 16.1 Å². The van der Waals surface area contributed by atoms with Gasteiger partial charge in [0.05, 0.1) is 11.4 Å². The quantitative estimate of drug-likeness (QED) is 0.224. The van der Waals surface area contributed by atoms with Crippen molar-refractivity contribution in [2.45, 2.75) is 70.9 Å². The second-order valence-electron chi connectivity index (χ2n) is 12.8. The van der Waals surface area contributed by atoms with Gasteiger partial charge in [-0.3, -0.25) is 9.59 Å². The zero-order valence-electron chi connectivity index (χ0n) is 25.6. The lowest BCUT2D eigenvalue weighted by Crippen LogP contribution is -2.27. The fraction of sp³-hybridized carbons (Fsp3) is 0.412. The summed E-state index contributed by atoms with van der Waals surface area (Å²) in [6, 6.07) is 14.1. The third-order valence-electron chi connectivity index (χ3n) is 8.76. The van der Waals surface area contributed by atoms with Crippen molar-refractivity contribution >= 4 is 11.8 Å². The van der Waals surface area contributed by atoms with Gasteiger partial charge in [0.1, 0.15) is 17.3 Å². The van der Waals surface area contributed by atoms with Crippen molar-refractivity contribution < 1.29 is 23.2 Å². The van der Waals surface area contributed by atoms with E-state index in [4.69, 9.17) is 9.26 Å². The van der Waals surface area contributed by atoms with Crippen molar-refractivity contribution in [2.75, 3.05) is 13.1 Å². The first kappa shape index (κ1) is 29.1. The summed E-state index contributed by atoms with van der Waals surface area (Å²) >= 11 is 0. The SMILES string of the molecule is CC(C)c1ccc(-c2ccc(Oc3cc(-c4nc([C@H]5CC(=O)N(C6CC6)C5)no4)ccc3CN3C[C@@H](C)CC3=O)cc2F)nn1. The molecule has 4 heterocycles. The molecule has 3 fully saturated rings. The van der Waals surface area contributed by atoms with Crippen LogP contribution in [0.5, 0.6) is 11.5 Å². The first-order chi connectivity index (χ1) is 21.7. The zero-order chi connectivity index (χ0) is 31.2. The smallest absolute Gasteiger partial charge is 0.258 e. The Hall–Kier alpha value is -4.67. The van der Waals surface area contributed by atoms with E-state index < -0.39 is 5.82 Å². The summed E-state index contributed by atoms with van der Waals surface area (Å²) in [5.74, 6) is 1.66. The molecule has 2 amide bonds. The number of likely N-dealkylation sites (tertiary alicyclic amines) is 2. The van der Waals surface area contributed by atoms with E-state index in [0.717, 1.165) is 24.1 Å². The van der Waals surface area contributed by atoms with E-state index in [1.807, 2.05) is 41.8 Å². The number of ether oxygens (including phenoxy) is 1. The van der Waals surface area contributed by atoms with Gasteiger partial charge in [-0.05, 0) is 61.1 Å². The molecule has 3 aliphatic rings. The molecule has 0 radical (unpaired) electrons. The van der Waals surface area contributed by atoms with Gasteiger partial charge < -0.3 is 19.1 Å². The molecular formula is C34H35FN6O4. The van der Waals surface area contributed by atoms with Crippen LogP contribution in [0, 0.1) is 11.7 Å². The highest BCUT2D eigenvalue weighted by Crippen LogP contribution is 2.38. The van der Waals surface area contributed by atoms with Gasteiger partial charge in [0, 0.05) is 67.2 Å². The Labute approximate surface area is 260 Å². The van der Waals surface area contributed by atoms with Crippen LogP contribution in [0.2, 0.25) is 0 Å². The molecule has 0 bridgehead atoms. The molecule has 2 aliphatic heterocycles. The maximum atomic E-state index is 15.4. The number of hydrogen-bond donors (Lipinski definition) is 0. The van der Waals surface area contributed by atoms with Crippen molar-refractivity contribution in [3.05, 3.63) is 71.4 Å². The highest BCUT2D eigenvalue weighted by molar-refractivity contribution is 5.80. The zero-order valence-corrected chi connectivity index (χ0v) is 25.6. The van der Waals surface area contributed by atoms with E-state index in [1.165, 1.54) is 6.07 Å². The molecular weight excluding hydrogens is 575 g/mol. The second kappa shape index (κ2) is 11.7. The van der Waals surface area contributed by atoms with E-state index in [-0.39, 0.29) is 29.6 Å². The molecule has 2 aromatic heterocycles. The summed E-state index contributed by atoms with van der Waals surface area (Å²) in [5.41, 5.74) is 2.98. The average Bonchev–Trinajstić information content (AvgIpc) is 3.45. The van der Waals surface area contributed by atoms with Crippen LogP contribution >= 0.6 is 0 Å². The van der Waals surface area contributed by atoms with E-state index in [1.54, 1.807) is 24.3 Å². The number of carbonyl (C=O) groups is 2. The Morgan fingerprint density at radius 3 is 2.53 bits per heavy atom. The normalized spacial score (nSPS) is 20.1. The van der Waals surface area contributed by atoms with Crippen LogP contribution in [0.4, 0.5) is 4.39 Å². The monoisotopic (exact) mass is 610 g/mol. The van der Waals surface area contributed by atoms with Gasteiger partial charge in [-0.15, -0.1) is 0 Å². The Morgan fingerprint density at radius 2 is 1.84 bits per heavy atom. The fourth-order valence-electron chi connectivity index (χ4n) is 6.09. The first-order valence-corrected chi connectivity index (χ1v) is 15.6. The van der Waals surface area contributed by atoms with Crippen molar-refractivity contribution in [2.24, 2.45) is 5.92 Å². The Bertz CT molecular complexity index is 1750. The van der Waals surface area contributed by atoms with Gasteiger partial charge >= 0.3 is 0 Å². The number of benzene rings is 2.